The van der Waals surface area contributed by atoms with Crippen LogP contribution in [0.15, 0.2) is 53.4 Å². The van der Waals surface area contributed by atoms with E-state index >= 15 is 0 Å². The molecule has 5 heteroatoms. The standard InChI is InChI=1S/C16H20N2O2S/c1-3-12(2)13-4-10-16(11-5-13)21(19,20)18-15-8-6-14(17)7-9-15/h4-12,18H,3,17H2,1-2H3. The zero-order valence-electron chi connectivity index (χ0n) is 12.2. The molecule has 0 bridgehead atoms. The summed E-state index contributed by atoms with van der Waals surface area (Å²) < 4.78 is 27.1. The molecule has 0 amide bonds. The molecule has 0 saturated carbocycles. The first kappa shape index (κ1) is 15.4. The van der Waals surface area contributed by atoms with E-state index in [1.54, 1.807) is 36.4 Å². The normalized spacial score (nSPS) is 12.9. The lowest BCUT2D eigenvalue weighted by Gasteiger charge is -2.11. The monoisotopic (exact) mass is 304 g/mol. The summed E-state index contributed by atoms with van der Waals surface area (Å²) in [6, 6.07) is 13.6. The van der Waals surface area contributed by atoms with Crippen LogP contribution < -0.4 is 10.5 Å². The molecule has 1 atom stereocenters. The second-order valence-corrected chi connectivity index (χ2v) is 6.79. The molecule has 0 fully saturated rings. The fourth-order valence-corrected chi connectivity index (χ4v) is 3.04. The minimum Gasteiger partial charge on any atom is -0.399 e. The quantitative estimate of drug-likeness (QED) is 0.829. The van der Waals surface area contributed by atoms with Crippen molar-refractivity contribution in [3.63, 3.8) is 0 Å². The Morgan fingerprint density at radius 1 is 1.05 bits per heavy atom. The molecule has 0 aliphatic rings. The van der Waals surface area contributed by atoms with Gasteiger partial charge in [-0.1, -0.05) is 26.0 Å². The lowest BCUT2D eigenvalue weighted by Crippen LogP contribution is -2.13. The maximum absolute atomic E-state index is 12.3. The van der Waals surface area contributed by atoms with Crippen molar-refractivity contribution >= 4 is 21.4 Å². The highest BCUT2D eigenvalue weighted by molar-refractivity contribution is 7.92. The first-order valence-corrected chi connectivity index (χ1v) is 8.39. The third-order valence-electron chi connectivity index (χ3n) is 3.53. The zero-order valence-corrected chi connectivity index (χ0v) is 13.0. The average Bonchev–Trinajstić information content (AvgIpc) is 2.49. The summed E-state index contributed by atoms with van der Waals surface area (Å²) in [6.45, 7) is 4.23. The topological polar surface area (TPSA) is 72.2 Å². The summed E-state index contributed by atoms with van der Waals surface area (Å²) in [6.07, 6.45) is 1.02. The molecule has 0 aliphatic carbocycles. The second-order valence-electron chi connectivity index (χ2n) is 5.11. The predicted molar refractivity (Wildman–Crippen MR) is 86.8 cm³/mol. The van der Waals surface area contributed by atoms with E-state index in [-0.39, 0.29) is 4.90 Å². The van der Waals surface area contributed by atoms with Gasteiger partial charge in [-0.3, -0.25) is 4.72 Å². The van der Waals surface area contributed by atoms with Crippen molar-refractivity contribution in [1.82, 2.24) is 0 Å². The van der Waals surface area contributed by atoms with Crippen molar-refractivity contribution < 1.29 is 8.42 Å². The fraction of sp³-hybridized carbons (Fsp3) is 0.250. The third kappa shape index (κ3) is 3.76. The zero-order chi connectivity index (χ0) is 15.5. The first-order valence-electron chi connectivity index (χ1n) is 6.90. The van der Waals surface area contributed by atoms with Crippen molar-refractivity contribution in [1.29, 1.82) is 0 Å². The van der Waals surface area contributed by atoms with E-state index in [0.717, 1.165) is 12.0 Å². The number of sulfonamides is 1. The van der Waals surface area contributed by atoms with Gasteiger partial charge in [0.1, 0.15) is 0 Å². The van der Waals surface area contributed by atoms with Crippen molar-refractivity contribution in [2.45, 2.75) is 31.1 Å². The van der Waals surface area contributed by atoms with E-state index in [1.165, 1.54) is 0 Å². The van der Waals surface area contributed by atoms with Crippen molar-refractivity contribution in [3.8, 4) is 0 Å². The highest BCUT2D eigenvalue weighted by atomic mass is 32.2. The fourth-order valence-electron chi connectivity index (χ4n) is 1.98. The van der Waals surface area contributed by atoms with E-state index < -0.39 is 10.0 Å². The summed E-state index contributed by atoms with van der Waals surface area (Å²) in [5, 5.41) is 0. The number of nitrogen functional groups attached to an aromatic ring is 1. The first-order chi connectivity index (χ1) is 9.92. The Balaban J connectivity index is 2.21. The van der Waals surface area contributed by atoms with Crippen LogP contribution in [0.25, 0.3) is 0 Å². The summed E-state index contributed by atoms with van der Waals surface area (Å²) in [5.74, 6) is 0.423. The Bertz CT molecular complexity index is 692. The Kier molecular flexibility index (Phi) is 4.53. The van der Waals surface area contributed by atoms with Gasteiger partial charge in [-0.25, -0.2) is 8.42 Å². The summed E-state index contributed by atoms with van der Waals surface area (Å²) in [4.78, 5) is 0.256. The molecule has 2 rings (SSSR count). The van der Waals surface area contributed by atoms with Crippen LogP contribution >= 0.6 is 0 Å². The highest BCUT2D eigenvalue weighted by Gasteiger charge is 2.14. The molecule has 1 unspecified atom stereocenters. The third-order valence-corrected chi connectivity index (χ3v) is 4.93. The largest absolute Gasteiger partial charge is 0.399 e. The van der Waals surface area contributed by atoms with Gasteiger partial charge < -0.3 is 5.73 Å². The van der Waals surface area contributed by atoms with Crippen LogP contribution in [0.2, 0.25) is 0 Å². The van der Waals surface area contributed by atoms with Gasteiger partial charge in [0.05, 0.1) is 4.90 Å². The molecule has 0 heterocycles. The Morgan fingerprint density at radius 3 is 2.14 bits per heavy atom. The van der Waals surface area contributed by atoms with Gasteiger partial charge >= 0.3 is 0 Å². The van der Waals surface area contributed by atoms with Gasteiger partial charge in [0, 0.05) is 11.4 Å². The number of hydrogen-bond donors (Lipinski definition) is 2. The molecule has 112 valence electrons. The average molecular weight is 304 g/mol. The van der Waals surface area contributed by atoms with Crippen molar-refractivity contribution in [2.75, 3.05) is 10.5 Å². The molecule has 0 radical (unpaired) electrons. The van der Waals surface area contributed by atoms with E-state index in [9.17, 15) is 8.42 Å². The van der Waals surface area contributed by atoms with Crippen molar-refractivity contribution in [3.05, 3.63) is 54.1 Å². The van der Waals surface area contributed by atoms with Gasteiger partial charge in [0.15, 0.2) is 0 Å². The Morgan fingerprint density at radius 2 is 1.62 bits per heavy atom. The van der Waals surface area contributed by atoms with Crippen LogP contribution in [0.5, 0.6) is 0 Å². The highest BCUT2D eigenvalue weighted by Crippen LogP contribution is 2.22. The van der Waals surface area contributed by atoms with Crippen LogP contribution in [0.1, 0.15) is 31.7 Å². The van der Waals surface area contributed by atoms with Gasteiger partial charge in [0.2, 0.25) is 0 Å². The van der Waals surface area contributed by atoms with Crippen LogP contribution in [-0.4, -0.2) is 8.42 Å². The Labute approximate surface area is 126 Å². The number of anilines is 2. The minimum absolute atomic E-state index is 0.256. The van der Waals surface area contributed by atoms with Gasteiger partial charge in [-0.05, 0) is 54.3 Å². The summed E-state index contributed by atoms with van der Waals surface area (Å²) in [7, 11) is -3.57. The molecule has 0 aliphatic heterocycles. The number of nitrogens with one attached hydrogen (secondary N) is 1. The number of hydrogen-bond acceptors (Lipinski definition) is 3. The van der Waals surface area contributed by atoms with E-state index in [1.807, 2.05) is 12.1 Å². The SMILES string of the molecule is CCC(C)c1ccc(S(=O)(=O)Nc2ccc(N)cc2)cc1. The van der Waals surface area contributed by atoms with E-state index in [2.05, 4.69) is 18.6 Å². The van der Waals surface area contributed by atoms with Gasteiger partial charge in [-0.15, -0.1) is 0 Å². The molecular weight excluding hydrogens is 284 g/mol. The molecule has 2 aromatic rings. The molecular formula is C16H20N2O2S. The van der Waals surface area contributed by atoms with Crippen molar-refractivity contribution in [2.24, 2.45) is 0 Å². The Hall–Kier alpha value is -2.01. The van der Waals surface area contributed by atoms with Crippen LogP contribution in [0, 0.1) is 0 Å². The predicted octanol–water partition coefficient (Wildman–Crippen LogP) is 3.58. The van der Waals surface area contributed by atoms with Gasteiger partial charge in [0.25, 0.3) is 10.0 Å². The molecule has 0 saturated heterocycles. The molecule has 4 nitrogen and oxygen atoms in total. The van der Waals surface area contributed by atoms with Crippen LogP contribution in [0.3, 0.4) is 0 Å². The van der Waals surface area contributed by atoms with Gasteiger partial charge in [-0.2, -0.15) is 0 Å². The second kappa shape index (κ2) is 6.18. The minimum atomic E-state index is -3.57. The number of benzene rings is 2. The van der Waals surface area contributed by atoms with E-state index in [0.29, 0.717) is 17.3 Å². The maximum Gasteiger partial charge on any atom is 0.261 e. The molecule has 0 spiro atoms. The summed E-state index contributed by atoms with van der Waals surface area (Å²) >= 11 is 0. The lowest BCUT2D eigenvalue weighted by atomic mass is 9.99. The molecule has 21 heavy (non-hydrogen) atoms. The molecule has 2 aromatic carbocycles. The smallest absolute Gasteiger partial charge is 0.261 e. The van der Waals surface area contributed by atoms with Crippen LogP contribution in [0.4, 0.5) is 11.4 Å². The number of rotatable bonds is 5. The van der Waals surface area contributed by atoms with E-state index in [4.69, 9.17) is 5.73 Å². The summed E-state index contributed by atoms with van der Waals surface area (Å²) in [5.41, 5.74) is 7.81. The maximum atomic E-state index is 12.3. The van der Waals surface area contributed by atoms with Crippen LogP contribution in [-0.2, 0) is 10.0 Å². The number of nitrogens with two attached hydrogens (primary N) is 1. The molecule has 3 N–H and O–H groups in total. The molecule has 0 aromatic heterocycles. The lowest BCUT2D eigenvalue weighted by molar-refractivity contribution is 0.601.